The first-order valence-electron chi connectivity index (χ1n) is 5.20. The number of aliphatic hydroxyl groups is 1. The van der Waals surface area contributed by atoms with E-state index in [1.807, 2.05) is 30.3 Å². The van der Waals surface area contributed by atoms with Crippen molar-refractivity contribution in [3.63, 3.8) is 0 Å². The van der Waals surface area contributed by atoms with Crippen LogP contribution in [-0.2, 0) is 0 Å². The third kappa shape index (κ3) is 1.92. The molecule has 2 aromatic carbocycles. The topological polar surface area (TPSA) is 29.5 Å². The molecule has 2 nitrogen and oxygen atoms in total. The fraction of sp³-hybridized carbons (Fsp3) is 0.143. The molecule has 2 rings (SSSR count). The average Bonchev–Trinajstić information content (AvgIpc) is 2.35. The van der Waals surface area contributed by atoms with E-state index in [1.54, 1.807) is 13.2 Å². The molecule has 82 valence electrons. The van der Waals surface area contributed by atoms with Crippen LogP contribution in [0.15, 0.2) is 42.5 Å². The van der Waals surface area contributed by atoms with Crippen LogP contribution in [0.25, 0.3) is 16.8 Å². The number of methoxy groups -OCH3 is 1. The van der Waals surface area contributed by atoms with Crippen LogP contribution in [0.3, 0.4) is 0 Å². The lowest BCUT2D eigenvalue weighted by molar-refractivity contribution is 0.343. The zero-order valence-corrected chi connectivity index (χ0v) is 9.18. The molecule has 0 saturated carbocycles. The van der Waals surface area contributed by atoms with Crippen molar-refractivity contribution in [3.8, 4) is 5.75 Å². The summed E-state index contributed by atoms with van der Waals surface area (Å²) < 4.78 is 5.32. The summed E-state index contributed by atoms with van der Waals surface area (Å²) in [5, 5.41) is 11.1. The number of rotatable bonds is 3. The first-order valence-corrected chi connectivity index (χ1v) is 5.20. The minimum Gasteiger partial charge on any atom is -0.496 e. The summed E-state index contributed by atoms with van der Waals surface area (Å²) in [5.41, 5.74) is 1.01. The quantitative estimate of drug-likeness (QED) is 0.851. The molecule has 0 bridgehead atoms. The number of hydrogen-bond acceptors (Lipinski definition) is 2. The highest BCUT2D eigenvalue weighted by Gasteiger charge is 2.04. The fourth-order valence-corrected chi connectivity index (χ4v) is 1.80. The summed E-state index contributed by atoms with van der Waals surface area (Å²) in [4.78, 5) is 0. The van der Waals surface area contributed by atoms with Crippen molar-refractivity contribution in [3.05, 3.63) is 48.0 Å². The SMILES string of the molecule is COc1ccc2ccccc2c1C=CCO. The Morgan fingerprint density at radius 1 is 1.19 bits per heavy atom. The van der Waals surface area contributed by atoms with Crippen LogP contribution >= 0.6 is 0 Å². The van der Waals surface area contributed by atoms with Crippen molar-refractivity contribution >= 4 is 16.8 Å². The first-order chi connectivity index (χ1) is 7.86. The van der Waals surface area contributed by atoms with Gasteiger partial charge in [-0.1, -0.05) is 42.5 Å². The van der Waals surface area contributed by atoms with E-state index < -0.39 is 0 Å². The summed E-state index contributed by atoms with van der Waals surface area (Å²) in [6, 6.07) is 12.1. The van der Waals surface area contributed by atoms with E-state index >= 15 is 0 Å². The minimum atomic E-state index is 0.0341. The van der Waals surface area contributed by atoms with Crippen LogP contribution in [0.5, 0.6) is 5.75 Å². The standard InChI is InChI=1S/C14H14O2/c1-16-14-9-8-11-5-2-3-6-12(11)13(14)7-4-10-15/h2-9,15H,10H2,1H3. The van der Waals surface area contributed by atoms with E-state index in [1.165, 1.54) is 5.39 Å². The molecule has 0 aromatic heterocycles. The molecule has 0 heterocycles. The van der Waals surface area contributed by atoms with E-state index in [9.17, 15) is 0 Å². The average molecular weight is 214 g/mol. The molecule has 0 amide bonds. The Balaban J connectivity index is 2.68. The first kappa shape index (κ1) is 10.7. The van der Waals surface area contributed by atoms with Gasteiger partial charge in [0.15, 0.2) is 0 Å². The van der Waals surface area contributed by atoms with E-state index in [-0.39, 0.29) is 6.61 Å². The van der Waals surface area contributed by atoms with Gasteiger partial charge in [0.2, 0.25) is 0 Å². The molecule has 0 atom stereocenters. The normalized spacial score (nSPS) is 11.1. The molecular formula is C14H14O2. The molecule has 0 aliphatic carbocycles. The number of fused-ring (bicyclic) bond motifs is 1. The van der Waals surface area contributed by atoms with Crippen molar-refractivity contribution in [2.45, 2.75) is 0 Å². The zero-order valence-electron chi connectivity index (χ0n) is 9.18. The number of ether oxygens (including phenoxy) is 1. The Hall–Kier alpha value is -1.80. The molecule has 0 fully saturated rings. The van der Waals surface area contributed by atoms with Crippen molar-refractivity contribution < 1.29 is 9.84 Å². The monoisotopic (exact) mass is 214 g/mol. The zero-order chi connectivity index (χ0) is 11.4. The van der Waals surface area contributed by atoms with Gasteiger partial charge >= 0.3 is 0 Å². The maximum absolute atomic E-state index is 8.84. The Labute approximate surface area is 94.8 Å². The smallest absolute Gasteiger partial charge is 0.126 e. The van der Waals surface area contributed by atoms with Crippen LogP contribution in [0, 0.1) is 0 Å². The second kappa shape index (κ2) is 4.81. The molecular weight excluding hydrogens is 200 g/mol. The highest BCUT2D eigenvalue weighted by molar-refractivity contribution is 5.93. The van der Waals surface area contributed by atoms with Crippen molar-refractivity contribution in [2.75, 3.05) is 13.7 Å². The second-order valence-electron chi connectivity index (χ2n) is 3.49. The van der Waals surface area contributed by atoms with Crippen LogP contribution in [0.4, 0.5) is 0 Å². The van der Waals surface area contributed by atoms with Gasteiger partial charge < -0.3 is 9.84 Å². The molecule has 0 spiro atoms. The van der Waals surface area contributed by atoms with Crippen LogP contribution < -0.4 is 4.74 Å². The lowest BCUT2D eigenvalue weighted by Gasteiger charge is -2.08. The summed E-state index contributed by atoms with van der Waals surface area (Å²) in [6.45, 7) is 0.0341. The largest absolute Gasteiger partial charge is 0.496 e. The highest BCUT2D eigenvalue weighted by atomic mass is 16.5. The molecule has 0 unspecified atom stereocenters. The van der Waals surface area contributed by atoms with Crippen LogP contribution in [0.2, 0.25) is 0 Å². The summed E-state index contributed by atoms with van der Waals surface area (Å²) >= 11 is 0. The van der Waals surface area contributed by atoms with Crippen LogP contribution in [0.1, 0.15) is 5.56 Å². The third-order valence-electron chi connectivity index (χ3n) is 2.54. The molecule has 0 aliphatic heterocycles. The van der Waals surface area contributed by atoms with Gasteiger partial charge in [-0.3, -0.25) is 0 Å². The molecule has 16 heavy (non-hydrogen) atoms. The van der Waals surface area contributed by atoms with Crippen LogP contribution in [-0.4, -0.2) is 18.8 Å². The summed E-state index contributed by atoms with van der Waals surface area (Å²) in [5.74, 6) is 0.823. The highest BCUT2D eigenvalue weighted by Crippen LogP contribution is 2.28. The van der Waals surface area contributed by atoms with Gasteiger partial charge in [0, 0.05) is 5.56 Å². The predicted octanol–water partition coefficient (Wildman–Crippen LogP) is 2.85. The van der Waals surface area contributed by atoms with Gasteiger partial charge in [-0.05, 0) is 16.8 Å². The van der Waals surface area contributed by atoms with E-state index in [2.05, 4.69) is 12.1 Å². The molecule has 2 aromatic rings. The third-order valence-corrected chi connectivity index (χ3v) is 2.54. The van der Waals surface area contributed by atoms with Crippen molar-refractivity contribution in [1.29, 1.82) is 0 Å². The second-order valence-corrected chi connectivity index (χ2v) is 3.49. The maximum atomic E-state index is 8.84. The molecule has 2 heteroatoms. The van der Waals surface area contributed by atoms with Gasteiger partial charge in [0.05, 0.1) is 13.7 Å². The molecule has 0 aliphatic rings. The Morgan fingerprint density at radius 2 is 2.00 bits per heavy atom. The molecule has 0 radical (unpaired) electrons. The van der Waals surface area contributed by atoms with E-state index in [0.717, 1.165) is 16.7 Å². The Kier molecular flexibility index (Phi) is 3.22. The lowest BCUT2D eigenvalue weighted by Crippen LogP contribution is -1.88. The van der Waals surface area contributed by atoms with Gasteiger partial charge in [0.1, 0.15) is 5.75 Å². The van der Waals surface area contributed by atoms with E-state index in [0.29, 0.717) is 0 Å². The molecule has 1 N–H and O–H groups in total. The van der Waals surface area contributed by atoms with Gasteiger partial charge in [-0.15, -0.1) is 0 Å². The van der Waals surface area contributed by atoms with Gasteiger partial charge in [-0.2, -0.15) is 0 Å². The van der Waals surface area contributed by atoms with E-state index in [4.69, 9.17) is 9.84 Å². The maximum Gasteiger partial charge on any atom is 0.126 e. The molecule has 0 saturated heterocycles. The van der Waals surface area contributed by atoms with Gasteiger partial charge in [0.25, 0.3) is 0 Å². The minimum absolute atomic E-state index is 0.0341. The summed E-state index contributed by atoms with van der Waals surface area (Å²) in [6.07, 6.45) is 3.60. The number of hydrogen-bond donors (Lipinski definition) is 1. The Bertz CT molecular complexity index is 515. The van der Waals surface area contributed by atoms with Crippen molar-refractivity contribution in [2.24, 2.45) is 0 Å². The predicted molar refractivity (Wildman–Crippen MR) is 66.6 cm³/mol. The number of benzene rings is 2. The fourth-order valence-electron chi connectivity index (χ4n) is 1.80. The van der Waals surface area contributed by atoms with Crippen molar-refractivity contribution in [1.82, 2.24) is 0 Å². The van der Waals surface area contributed by atoms with Gasteiger partial charge in [-0.25, -0.2) is 0 Å². The number of aliphatic hydroxyl groups excluding tert-OH is 1. The Morgan fingerprint density at radius 3 is 2.75 bits per heavy atom. The summed E-state index contributed by atoms with van der Waals surface area (Å²) in [7, 11) is 1.65. The lowest BCUT2D eigenvalue weighted by atomic mass is 10.0.